The third kappa shape index (κ3) is 8.08. The summed E-state index contributed by atoms with van der Waals surface area (Å²) >= 11 is 0. The molecule has 8 heteroatoms. The summed E-state index contributed by atoms with van der Waals surface area (Å²) in [5, 5.41) is 3.12. The predicted molar refractivity (Wildman–Crippen MR) is 87.9 cm³/mol. The number of alkyl halides is 3. The Balaban J connectivity index is 0.00000220. The van der Waals surface area contributed by atoms with E-state index in [1.165, 1.54) is 4.90 Å². The number of hydrogen-bond acceptors (Lipinski definition) is 2. The molecule has 0 spiro atoms. The summed E-state index contributed by atoms with van der Waals surface area (Å²) in [6, 6.07) is 0.504. The zero-order valence-corrected chi connectivity index (χ0v) is 14.4. The van der Waals surface area contributed by atoms with Crippen molar-refractivity contribution in [2.75, 3.05) is 26.2 Å². The van der Waals surface area contributed by atoms with E-state index in [9.17, 15) is 13.2 Å². The van der Waals surface area contributed by atoms with Gasteiger partial charge < -0.3 is 11.1 Å². The molecule has 1 aliphatic carbocycles. The van der Waals surface area contributed by atoms with Crippen molar-refractivity contribution >= 4 is 29.9 Å². The van der Waals surface area contributed by atoms with E-state index in [2.05, 4.69) is 10.3 Å². The van der Waals surface area contributed by atoms with Crippen LogP contribution in [0.5, 0.6) is 0 Å². The molecule has 2 fully saturated rings. The van der Waals surface area contributed by atoms with Crippen LogP contribution >= 0.6 is 24.0 Å². The first-order chi connectivity index (χ1) is 9.42. The van der Waals surface area contributed by atoms with E-state index in [0.29, 0.717) is 37.6 Å². The van der Waals surface area contributed by atoms with Crippen LogP contribution < -0.4 is 11.1 Å². The van der Waals surface area contributed by atoms with E-state index < -0.39 is 12.7 Å². The van der Waals surface area contributed by atoms with Gasteiger partial charge in [0.25, 0.3) is 0 Å². The maximum Gasteiger partial charge on any atom is 0.401 e. The van der Waals surface area contributed by atoms with Crippen molar-refractivity contribution in [2.45, 2.75) is 44.3 Å². The first-order valence-corrected chi connectivity index (χ1v) is 7.28. The lowest BCUT2D eigenvalue weighted by Gasteiger charge is -2.32. The van der Waals surface area contributed by atoms with Crippen molar-refractivity contribution in [2.24, 2.45) is 16.6 Å². The quantitative estimate of drug-likeness (QED) is 0.408. The highest BCUT2D eigenvalue weighted by molar-refractivity contribution is 14.0. The number of hydrogen-bond donors (Lipinski definition) is 2. The van der Waals surface area contributed by atoms with E-state index in [-0.39, 0.29) is 24.0 Å². The molecule has 1 saturated carbocycles. The van der Waals surface area contributed by atoms with Gasteiger partial charge in [-0.2, -0.15) is 13.2 Å². The molecule has 0 aromatic heterocycles. The van der Waals surface area contributed by atoms with Gasteiger partial charge in [-0.1, -0.05) is 0 Å². The van der Waals surface area contributed by atoms with Crippen LogP contribution in [-0.2, 0) is 0 Å². The van der Waals surface area contributed by atoms with Crippen molar-refractivity contribution in [3.8, 4) is 0 Å². The summed E-state index contributed by atoms with van der Waals surface area (Å²) in [6.45, 7) is 0.943. The van der Waals surface area contributed by atoms with Crippen LogP contribution in [0, 0.1) is 5.92 Å². The molecule has 1 saturated heterocycles. The molecule has 0 aromatic carbocycles. The minimum atomic E-state index is -4.08. The second-order valence-electron chi connectivity index (χ2n) is 5.81. The van der Waals surface area contributed by atoms with Crippen molar-refractivity contribution in [3.63, 3.8) is 0 Å². The number of nitrogens with zero attached hydrogens (tertiary/aromatic N) is 2. The smallest absolute Gasteiger partial charge is 0.370 e. The average molecular weight is 420 g/mol. The predicted octanol–water partition coefficient (Wildman–Crippen LogP) is 2.34. The van der Waals surface area contributed by atoms with E-state index in [1.54, 1.807) is 0 Å². The van der Waals surface area contributed by atoms with Crippen LogP contribution in [-0.4, -0.2) is 49.3 Å². The normalized spacial score (nSPS) is 22.0. The molecule has 0 atom stereocenters. The molecule has 0 bridgehead atoms. The van der Waals surface area contributed by atoms with Crippen LogP contribution in [0.25, 0.3) is 0 Å². The molecule has 124 valence electrons. The Bertz CT molecular complexity index is 337. The molecule has 0 amide bonds. The van der Waals surface area contributed by atoms with E-state index in [1.807, 2.05) is 0 Å². The van der Waals surface area contributed by atoms with Crippen LogP contribution in [0.2, 0.25) is 0 Å². The highest BCUT2D eigenvalue weighted by Crippen LogP contribution is 2.24. The van der Waals surface area contributed by atoms with E-state index >= 15 is 0 Å². The summed E-state index contributed by atoms with van der Waals surface area (Å²) in [5.41, 5.74) is 5.73. The van der Waals surface area contributed by atoms with Crippen molar-refractivity contribution < 1.29 is 13.2 Å². The summed E-state index contributed by atoms with van der Waals surface area (Å²) in [7, 11) is 0. The number of nitrogens with two attached hydrogens (primary N) is 1. The molecule has 0 radical (unpaired) electrons. The summed E-state index contributed by atoms with van der Waals surface area (Å²) in [6.07, 6.45) is 0.790. The van der Waals surface area contributed by atoms with Crippen LogP contribution in [0.15, 0.2) is 4.99 Å². The van der Waals surface area contributed by atoms with E-state index in [4.69, 9.17) is 5.73 Å². The molecular weight excluding hydrogens is 396 g/mol. The molecule has 3 N–H and O–H groups in total. The van der Waals surface area contributed by atoms with E-state index in [0.717, 1.165) is 32.1 Å². The molecule has 0 aromatic rings. The Morgan fingerprint density at radius 1 is 1.19 bits per heavy atom. The summed E-state index contributed by atoms with van der Waals surface area (Å²) < 4.78 is 36.8. The Labute approximate surface area is 140 Å². The minimum Gasteiger partial charge on any atom is -0.370 e. The Morgan fingerprint density at radius 3 is 2.33 bits per heavy atom. The van der Waals surface area contributed by atoms with Crippen molar-refractivity contribution in [3.05, 3.63) is 0 Å². The minimum absolute atomic E-state index is 0. The van der Waals surface area contributed by atoms with Gasteiger partial charge in [0.05, 0.1) is 6.54 Å². The Morgan fingerprint density at radius 2 is 1.81 bits per heavy atom. The fourth-order valence-corrected chi connectivity index (χ4v) is 2.54. The van der Waals surface area contributed by atoms with Crippen molar-refractivity contribution in [1.29, 1.82) is 0 Å². The molecule has 1 heterocycles. The van der Waals surface area contributed by atoms with Gasteiger partial charge in [0.15, 0.2) is 5.96 Å². The van der Waals surface area contributed by atoms with Gasteiger partial charge in [-0.3, -0.25) is 9.89 Å². The number of aliphatic imine (C=N–C) groups is 1. The monoisotopic (exact) mass is 420 g/mol. The summed E-state index contributed by atoms with van der Waals surface area (Å²) in [5.74, 6) is 0.971. The van der Waals surface area contributed by atoms with Gasteiger partial charge in [0, 0.05) is 12.6 Å². The van der Waals surface area contributed by atoms with Gasteiger partial charge in [0.1, 0.15) is 0 Å². The van der Waals surface area contributed by atoms with Gasteiger partial charge in [0.2, 0.25) is 0 Å². The topological polar surface area (TPSA) is 53.6 Å². The first kappa shape index (κ1) is 18.8. The zero-order valence-electron chi connectivity index (χ0n) is 12.0. The number of halogens is 4. The highest BCUT2D eigenvalue weighted by atomic mass is 127. The molecule has 0 unspecified atom stereocenters. The van der Waals surface area contributed by atoms with Gasteiger partial charge in [-0.05, 0) is 51.1 Å². The first-order valence-electron chi connectivity index (χ1n) is 7.28. The maximum absolute atomic E-state index is 12.3. The zero-order chi connectivity index (χ0) is 14.6. The lowest BCUT2D eigenvalue weighted by Crippen LogP contribution is -2.40. The fraction of sp³-hybridized carbons (Fsp3) is 0.923. The average Bonchev–Trinajstić information content (AvgIpc) is 3.13. The van der Waals surface area contributed by atoms with Crippen LogP contribution in [0.4, 0.5) is 13.2 Å². The molecule has 4 nitrogen and oxygen atoms in total. The molecule has 2 rings (SSSR count). The van der Waals surface area contributed by atoms with Crippen molar-refractivity contribution in [1.82, 2.24) is 10.2 Å². The number of rotatable bonds is 5. The third-order valence-corrected chi connectivity index (χ3v) is 3.86. The Hall–Kier alpha value is -0.250. The third-order valence-electron chi connectivity index (χ3n) is 3.86. The largest absolute Gasteiger partial charge is 0.401 e. The molecular formula is C13H24F3IN4. The summed E-state index contributed by atoms with van der Waals surface area (Å²) in [4.78, 5) is 5.76. The number of nitrogens with one attached hydrogen (secondary N) is 1. The standard InChI is InChI=1S/C13H23F3N4.HI/c14-13(15,16)9-20-7-4-10(5-8-20)3-6-18-12(17)19-11-1-2-11;/h10-11H,1-9H2,(H3,17,18,19);1H. The lowest BCUT2D eigenvalue weighted by molar-refractivity contribution is -0.148. The second kappa shape index (κ2) is 8.40. The molecule has 1 aliphatic heterocycles. The van der Waals surface area contributed by atoms with Gasteiger partial charge in [-0.25, -0.2) is 0 Å². The second-order valence-corrected chi connectivity index (χ2v) is 5.81. The number of likely N-dealkylation sites (tertiary alicyclic amines) is 1. The lowest BCUT2D eigenvalue weighted by atomic mass is 9.93. The molecule has 2 aliphatic rings. The number of guanidine groups is 1. The van der Waals surface area contributed by atoms with Crippen LogP contribution in [0.3, 0.4) is 0 Å². The van der Waals surface area contributed by atoms with Crippen LogP contribution in [0.1, 0.15) is 32.1 Å². The van der Waals surface area contributed by atoms with Gasteiger partial charge in [-0.15, -0.1) is 24.0 Å². The maximum atomic E-state index is 12.3. The fourth-order valence-electron chi connectivity index (χ4n) is 2.54. The molecule has 21 heavy (non-hydrogen) atoms. The SMILES string of the molecule is I.NC(=NCCC1CCN(CC(F)(F)F)CC1)NC1CC1. The Kier molecular flexibility index (Phi) is 7.52. The van der Waals surface area contributed by atoms with Gasteiger partial charge >= 0.3 is 6.18 Å². The number of piperidine rings is 1. The highest BCUT2D eigenvalue weighted by Gasteiger charge is 2.32.